The molecular formula is C19H18N2O4S. The van der Waals surface area contributed by atoms with Crippen molar-refractivity contribution in [3.8, 4) is 5.75 Å². The molecule has 0 unspecified atom stereocenters. The number of hydrogen-bond acceptors (Lipinski definition) is 4. The highest BCUT2D eigenvalue weighted by molar-refractivity contribution is 7.89. The average Bonchev–Trinajstić information content (AvgIpc) is 2.66. The lowest BCUT2D eigenvalue weighted by Crippen LogP contribution is -2.21. The van der Waals surface area contributed by atoms with Crippen molar-refractivity contribution in [2.45, 2.75) is 4.90 Å². The van der Waals surface area contributed by atoms with E-state index in [4.69, 9.17) is 4.74 Å². The summed E-state index contributed by atoms with van der Waals surface area (Å²) < 4.78 is 31.2. The van der Waals surface area contributed by atoms with Crippen LogP contribution in [0.1, 0.15) is 0 Å². The van der Waals surface area contributed by atoms with Gasteiger partial charge >= 0.3 is 0 Å². The van der Waals surface area contributed by atoms with Crippen LogP contribution in [0, 0.1) is 0 Å². The van der Waals surface area contributed by atoms with Gasteiger partial charge in [0.1, 0.15) is 5.75 Å². The van der Waals surface area contributed by atoms with E-state index < -0.39 is 10.0 Å². The first-order valence-electron chi connectivity index (χ1n) is 7.93. The smallest absolute Gasteiger partial charge is 0.262 e. The lowest BCUT2D eigenvalue weighted by molar-refractivity contribution is -0.118. The van der Waals surface area contributed by atoms with Gasteiger partial charge in [-0.3, -0.25) is 4.79 Å². The molecule has 0 aliphatic carbocycles. The summed E-state index contributed by atoms with van der Waals surface area (Å²) >= 11 is 0. The van der Waals surface area contributed by atoms with Gasteiger partial charge in [-0.15, -0.1) is 0 Å². The third-order valence-electron chi connectivity index (χ3n) is 3.83. The van der Waals surface area contributed by atoms with Crippen molar-refractivity contribution in [1.82, 2.24) is 4.72 Å². The second-order valence-corrected chi connectivity index (χ2v) is 7.43. The van der Waals surface area contributed by atoms with Crippen LogP contribution < -0.4 is 14.8 Å². The van der Waals surface area contributed by atoms with Crippen LogP contribution in [0.2, 0.25) is 0 Å². The van der Waals surface area contributed by atoms with Crippen molar-refractivity contribution >= 4 is 32.4 Å². The van der Waals surface area contributed by atoms with Crippen molar-refractivity contribution in [2.24, 2.45) is 0 Å². The zero-order chi connectivity index (χ0) is 18.6. The Morgan fingerprint density at radius 1 is 0.962 bits per heavy atom. The van der Waals surface area contributed by atoms with Gasteiger partial charge in [0.15, 0.2) is 6.61 Å². The molecule has 0 heterocycles. The predicted molar refractivity (Wildman–Crippen MR) is 101 cm³/mol. The van der Waals surface area contributed by atoms with Gasteiger partial charge in [-0.25, -0.2) is 13.1 Å². The summed E-state index contributed by atoms with van der Waals surface area (Å²) in [5.74, 6) is 0.302. The summed E-state index contributed by atoms with van der Waals surface area (Å²) in [6.45, 7) is -0.148. The van der Waals surface area contributed by atoms with E-state index in [0.29, 0.717) is 11.4 Å². The number of fused-ring (bicyclic) bond motifs is 1. The third kappa shape index (κ3) is 4.01. The standard InChI is InChI=1S/C19H18N2O4S/c1-20-26(23,24)16-11-9-15(10-12-16)21-19(22)13-25-18-8-4-6-14-5-2-3-7-17(14)18/h2-12,20H,13H2,1H3,(H,21,22). The molecular weight excluding hydrogens is 352 g/mol. The fraction of sp³-hybridized carbons (Fsp3) is 0.105. The van der Waals surface area contributed by atoms with Crippen LogP contribution in [0.4, 0.5) is 5.69 Å². The summed E-state index contributed by atoms with van der Waals surface area (Å²) in [5.41, 5.74) is 0.492. The van der Waals surface area contributed by atoms with E-state index in [1.807, 2.05) is 42.5 Å². The molecule has 134 valence electrons. The van der Waals surface area contributed by atoms with Crippen LogP contribution in [0.5, 0.6) is 5.75 Å². The zero-order valence-electron chi connectivity index (χ0n) is 14.1. The fourth-order valence-corrected chi connectivity index (χ4v) is 3.23. The molecule has 1 amide bonds. The molecule has 0 radical (unpaired) electrons. The molecule has 0 aliphatic heterocycles. The van der Waals surface area contributed by atoms with Gasteiger partial charge in [-0.05, 0) is 42.8 Å². The van der Waals surface area contributed by atoms with Crippen molar-refractivity contribution in [2.75, 3.05) is 19.0 Å². The Morgan fingerprint density at radius 2 is 1.65 bits per heavy atom. The first-order valence-corrected chi connectivity index (χ1v) is 9.42. The molecule has 26 heavy (non-hydrogen) atoms. The number of rotatable bonds is 6. The number of ether oxygens (including phenoxy) is 1. The Bertz CT molecular complexity index is 1030. The van der Waals surface area contributed by atoms with Gasteiger partial charge in [0, 0.05) is 11.1 Å². The van der Waals surface area contributed by atoms with Crippen LogP contribution in [-0.2, 0) is 14.8 Å². The maximum Gasteiger partial charge on any atom is 0.262 e. The van der Waals surface area contributed by atoms with Gasteiger partial charge in [0.2, 0.25) is 10.0 Å². The Morgan fingerprint density at radius 3 is 2.38 bits per heavy atom. The highest BCUT2D eigenvalue weighted by Crippen LogP contribution is 2.25. The molecule has 0 atom stereocenters. The van der Waals surface area contributed by atoms with Crippen molar-refractivity contribution in [3.05, 3.63) is 66.7 Å². The van der Waals surface area contributed by atoms with E-state index in [2.05, 4.69) is 10.0 Å². The van der Waals surface area contributed by atoms with Crippen molar-refractivity contribution in [3.63, 3.8) is 0 Å². The van der Waals surface area contributed by atoms with E-state index in [0.717, 1.165) is 10.8 Å². The summed E-state index contributed by atoms with van der Waals surface area (Å²) in [6.07, 6.45) is 0. The number of carbonyl (C=O) groups excluding carboxylic acids is 1. The monoisotopic (exact) mass is 370 g/mol. The predicted octanol–water partition coefficient (Wildman–Crippen LogP) is 2.77. The van der Waals surface area contributed by atoms with Crippen molar-refractivity contribution < 1.29 is 17.9 Å². The number of amides is 1. The Kier molecular flexibility index (Phi) is 5.20. The number of benzene rings is 3. The molecule has 0 bridgehead atoms. The molecule has 3 aromatic rings. The first kappa shape index (κ1) is 17.9. The lowest BCUT2D eigenvalue weighted by Gasteiger charge is -2.10. The van der Waals surface area contributed by atoms with Gasteiger partial charge in [-0.1, -0.05) is 36.4 Å². The van der Waals surface area contributed by atoms with Crippen LogP contribution in [0.25, 0.3) is 10.8 Å². The maximum absolute atomic E-state index is 12.1. The number of hydrogen-bond donors (Lipinski definition) is 2. The highest BCUT2D eigenvalue weighted by atomic mass is 32.2. The lowest BCUT2D eigenvalue weighted by atomic mass is 10.1. The van der Waals surface area contributed by atoms with Crippen LogP contribution in [-0.4, -0.2) is 28.0 Å². The molecule has 2 N–H and O–H groups in total. The molecule has 7 heteroatoms. The quantitative estimate of drug-likeness (QED) is 0.699. The second-order valence-electron chi connectivity index (χ2n) is 5.55. The minimum atomic E-state index is -3.50. The van der Waals surface area contributed by atoms with E-state index in [1.165, 1.54) is 31.3 Å². The van der Waals surface area contributed by atoms with Gasteiger partial charge < -0.3 is 10.1 Å². The van der Waals surface area contributed by atoms with Crippen molar-refractivity contribution in [1.29, 1.82) is 0 Å². The number of sulfonamides is 1. The first-order chi connectivity index (χ1) is 12.5. The van der Waals surface area contributed by atoms with Crippen LogP contribution in [0.15, 0.2) is 71.6 Å². The van der Waals surface area contributed by atoms with Gasteiger partial charge in [0.25, 0.3) is 5.91 Å². The van der Waals surface area contributed by atoms with E-state index >= 15 is 0 Å². The highest BCUT2D eigenvalue weighted by Gasteiger charge is 2.11. The molecule has 3 rings (SSSR count). The molecule has 0 aliphatic rings. The maximum atomic E-state index is 12.1. The minimum Gasteiger partial charge on any atom is -0.483 e. The zero-order valence-corrected chi connectivity index (χ0v) is 14.9. The summed E-state index contributed by atoms with van der Waals surface area (Å²) in [6, 6.07) is 19.3. The SMILES string of the molecule is CNS(=O)(=O)c1ccc(NC(=O)COc2cccc3ccccc23)cc1. The second kappa shape index (κ2) is 7.55. The minimum absolute atomic E-state index is 0.130. The number of carbonyl (C=O) groups is 1. The van der Waals surface area contributed by atoms with E-state index in [1.54, 1.807) is 0 Å². The number of anilines is 1. The molecule has 6 nitrogen and oxygen atoms in total. The average molecular weight is 370 g/mol. The van der Waals surface area contributed by atoms with Gasteiger partial charge in [-0.2, -0.15) is 0 Å². The molecule has 0 aromatic heterocycles. The Labute approximate surface area is 151 Å². The Balaban J connectivity index is 1.64. The molecule has 0 saturated carbocycles. The number of nitrogens with one attached hydrogen (secondary N) is 2. The molecule has 0 saturated heterocycles. The van der Waals surface area contributed by atoms with Crippen LogP contribution >= 0.6 is 0 Å². The topological polar surface area (TPSA) is 84.5 Å². The normalized spacial score (nSPS) is 11.3. The molecule has 0 fully saturated rings. The summed E-state index contributed by atoms with van der Waals surface area (Å²) in [5, 5.41) is 4.65. The summed E-state index contributed by atoms with van der Waals surface area (Å²) in [4.78, 5) is 12.2. The van der Waals surface area contributed by atoms with Crippen LogP contribution in [0.3, 0.4) is 0 Å². The fourth-order valence-electron chi connectivity index (χ4n) is 2.50. The Hall–Kier alpha value is -2.90. The largest absolute Gasteiger partial charge is 0.483 e. The summed E-state index contributed by atoms with van der Waals surface area (Å²) in [7, 11) is -2.15. The molecule has 3 aromatic carbocycles. The van der Waals surface area contributed by atoms with Gasteiger partial charge in [0.05, 0.1) is 4.90 Å². The van der Waals surface area contributed by atoms with E-state index in [9.17, 15) is 13.2 Å². The molecule has 0 spiro atoms. The third-order valence-corrected chi connectivity index (χ3v) is 5.26. The van der Waals surface area contributed by atoms with E-state index in [-0.39, 0.29) is 17.4 Å².